The summed E-state index contributed by atoms with van der Waals surface area (Å²) < 4.78 is 0. The van der Waals surface area contributed by atoms with Crippen LogP contribution in [0.4, 0.5) is 0 Å². The first-order valence-corrected chi connectivity index (χ1v) is 5.02. The molecule has 2 heteroatoms. The summed E-state index contributed by atoms with van der Waals surface area (Å²) in [6, 6.07) is 2.18. The summed E-state index contributed by atoms with van der Waals surface area (Å²) in [7, 11) is 0. The lowest BCUT2D eigenvalue weighted by Gasteiger charge is -1.82. The van der Waals surface area contributed by atoms with Crippen LogP contribution in [0.5, 0.6) is 0 Å². The molecule has 1 heterocycles. The Kier molecular flexibility index (Phi) is 3.67. The largest absolute Gasteiger partial charge is 0.149 e. The Balaban J connectivity index is 2.50. The molecule has 0 N–H and O–H groups in total. The van der Waals surface area contributed by atoms with Crippen LogP contribution in [-0.4, -0.2) is 5.88 Å². The zero-order chi connectivity index (χ0) is 8.10. The Bertz CT molecular complexity index is 237. The lowest BCUT2D eigenvalue weighted by Crippen LogP contribution is -1.66. The predicted octanol–water partition coefficient (Wildman–Crippen LogP) is 3.70. The molecule has 0 saturated heterocycles. The molecule has 1 aromatic rings. The molecule has 1 rings (SSSR count). The molecule has 0 bridgehead atoms. The second-order valence-corrected chi connectivity index (χ2v) is 3.86. The summed E-state index contributed by atoms with van der Waals surface area (Å²) in [6.07, 6.45) is 5.18. The zero-order valence-electron chi connectivity index (χ0n) is 6.51. The molecule has 0 aromatic carbocycles. The fourth-order valence-electron chi connectivity index (χ4n) is 0.834. The summed E-state index contributed by atoms with van der Waals surface area (Å²) in [6.45, 7) is 2.11. The molecule has 0 aliphatic carbocycles. The minimum absolute atomic E-state index is 0.708. The second kappa shape index (κ2) is 4.58. The molecule has 0 radical (unpaired) electrons. The van der Waals surface area contributed by atoms with Gasteiger partial charge in [0.1, 0.15) is 0 Å². The van der Waals surface area contributed by atoms with Crippen LogP contribution >= 0.6 is 22.9 Å². The van der Waals surface area contributed by atoms with Crippen molar-refractivity contribution in [3.8, 4) is 0 Å². The van der Waals surface area contributed by atoms with E-state index in [0.717, 1.165) is 6.42 Å². The van der Waals surface area contributed by atoms with Gasteiger partial charge in [0.2, 0.25) is 0 Å². The minimum Gasteiger partial charge on any atom is -0.149 e. The quantitative estimate of drug-likeness (QED) is 0.632. The van der Waals surface area contributed by atoms with Crippen LogP contribution in [0.3, 0.4) is 0 Å². The average molecular weight is 187 g/mol. The van der Waals surface area contributed by atoms with E-state index < -0.39 is 0 Å². The molecule has 0 nitrogen and oxygen atoms in total. The highest BCUT2D eigenvalue weighted by atomic mass is 35.5. The maximum Gasteiger partial charge on any atom is 0.0258 e. The summed E-state index contributed by atoms with van der Waals surface area (Å²) in [4.78, 5) is 1.36. The average Bonchev–Trinajstić information content (AvgIpc) is 2.37. The van der Waals surface area contributed by atoms with Crippen molar-refractivity contribution in [2.75, 3.05) is 5.88 Å². The number of aryl methyl sites for hydroxylation is 1. The van der Waals surface area contributed by atoms with Crippen molar-refractivity contribution in [2.45, 2.75) is 13.3 Å². The monoisotopic (exact) mass is 186 g/mol. The molecule has 0 amide bonds. The van der Waals surface area contributed by atoms with Crippen molar-refractivity contribution in [3.63, 3.8) is 0 Å². The van der Waals surface area contributed by atoms with Gasteiger partial charge in [-0.25, -0.2) is 0 Å². The first kappa shape index (κ1) is 8.82. The van der Waals surface area contributed by atoms with Crippen LogP contribution in [0.1, 0.15) is 16.9 Å². The van der Waals surface area contributed by atoms with Gasteiger partial charge in [-0.05, 0) is 30.4 Å². The molecule has 0 aliphatic heterocycles. The van der Waals surface area contributed by atoms with Crippen molar-refractivity contribution < 1.29 is 0 Å². The summed E-state index contributed by atoms with van der Waals surface area (Å²) >= 11 is 7.30. The first-order valence-electron chi connectivity index (χ1n) is 3.60. The van der Waals surface area contributed by atoms with Gasteiger partial charge in [0.25, 0.3) is 0 Å². The van der Waals surface area contributed by atoms with E-state index in [2.05, 4.69) is 30.5 Å². The SMILES string of the molecule is Cc1cc(C=CCCCl)cs1. The number of hydrogen-bond donors (Lipinski definition) is 0. The van der Waals surface area contributed by atoms with Crippen molar-refractivity contribution >= 4 is 29.0 Å². The maximum atomic E-state index is 5.52. The fraction of sp³-hybridized carbons (Fsp3) is 0.333. The minimum atomic E-state index is 0.708. The van der Waals surface area contributed by atoms with Crippen LogP contribution in [0.25, 0.3) is 6.08 Å². The molecule has 60 valence electrons. The molecule has 0 atom stereocenters. The molecule has 0 fully saturated rings. The number of rotatable bonds is 3. The Morgan fingerprint density at radius 3 is 3.00 bits per heavy atom. The Morgan fingerprint density at radius 1 is 1.64 bits per heavy atom. The van der Waals surface area contributed by atoms with Gasteiger partial charge >= 0.3 is 0 Å². The van der Waals surface area contributed by atoms with E-state index in [4.69, 9.17) is 11.6 Å². The zero-order valence-corrected chi connectivity index (χ0v) is 8.08. The van der Waals surface area contributed by atoms with Crippen molar-refractivity contribution in [2.24, 2.45) is 0 Å². The Hall–Kier alpha value is -0.270. The molecule has 0 saturated carbocycles. The standard InChI is InChI=1S/C9H11ClS/c1-8-6-9(7-11-8)4-2-3-5-10/h2,4,6-7H,3,5H2,1H3. The van der Waals surface area contributed by atoms with E-state index >= 15 is 0 Å². The van der Waals surface area contributed by atoms with E-state index in [1.807, 2.05) is 0 Å². The maximum absolute atomic E-state index is 5.52. The van der Waals surface area contributed by atoms with Crippen LogP contribution < -0.4 is 0 Å². The molecular formula is C9H11ClS. The van der Waals surface area contributed by atoms with Crippen molar-refractivity contribution in [1.29, 1.82) is 0 Å². The van der Waals surface area contributed by atoms with Crippen molar-refractivity contribution in [3.05, 3.63) is 28.0 Å². The number of thiophene rings is 1. The topological polar surface area (TPSA) is 0 Å². The normalized spacial score (nSPS) is 11.1. The van der Waals surface area contributed by atoms with E-state index in [0.29, 0.717) is 5.88 Å². The van der Waals surface area contributed by atoms with E-state index in [1.165, 1.54) is 10.4 Å². The number of hydrogen-bond acceptors (Lipinski definition) is 1. The van der Waals surface area contributed by atoms with Gasteiger partial charge in [0.15, 0.2) is 0 Å². The third-order valence-electron chi connectivity index (χ3n) is 1.34. The highest BCUT2D eigenvalue weighted by molar-refractivity contribution is 7.10. The van der Waals surface area contributed by atoms with Crippen LogP contribution in [0.15, 0.2) is 17.5 Å². The third kappa shape index (κ3) is 3.08. The van der Waals surface area contributed by atoms with Gasteiger partial charge in [0, 0.05) is 10.8 Å². The molecule has 0 unspecified atom stereocenters. The number of halogens is 1. The summed E-state index contributed by atoms with van der Waals surface area (Å²) in [5.41, 5.74) is 1.29. The van der Waals surface area contributed by atoms with E-state index in [-0.39, 0.29) is 0 Å². The van der Waals surface area contributed by atoms with Gasteiger partial charge in [-0.1, -0.05) is 12.2 Å². The predicted molar refractivity (Wildman–Crippen MR) is 53.4 cm³/mol. The third-order valence-corrected chi connectivity index (χ3v) is 2.43. The van der Waals surface area contributed by atoms with Gasteiger partial charge in [0.05, 0.1) is 0 Å². The second-order valence-electron chi connectivity index (χ2n) is 2.37. The van der Waals surface area contributed by atoms with Crippen LogP contribution in [-0.2, 0) is 0 Å². The fourth-order valence-corrected chi connectivity index (χ4v) is 1.63. The molecular weight excluding hydrogens is 176 g/mol. The van der Waals surface area contributed by atoms with Gasteiger partial charge in [-0.15, -0.1) is 22.9 Å². The summed E-state index contributed by atoms with van der Waals surface area (Å²) in [5, 5.41) is 2.15. The first-order chi connectivity index (χ1) is 5.33. The van der Waals surface area contributed by atoms with Gasteiger partial charge < -0.3 is 0 Å². The number of allylic oxidation sites excluding steroid dienone is 1. The van der Waals surface area contributed by atoms with Gasteiger partial charge in [-0.2, -0.15) is 0 Å². The number of alkyl halides is 1. The van der Waals surface area contributed by atoms with E-state index in [9.17, 15) is 0 Å². The van der Waals surface area contributed by atoms with Gasteiger partial charge in [-0.3, -0.25) is 0 Å². The smallest absolute Gasteiger partial charge is 0.0258 e. The molecule has 0 spiro atoms. The van der Waals surface area contributed by atoms with Crippen LogP contribution in [0, 0.1) is 6.92 Å². The highest BCUT2D eigenvalue weighted by Crippen LogP contribution is 2.14. The van der Waals surface area contributed by atoms with Crippen LogP contribution in [0.2, 0.25) is 0 Å². The lowest BCUT2D eigenvalue weighted by molar-refractivity contribution is 1.24. The Morgan fingerprint density at radius 2 is 2.45 bits per heavy atom. The summed E-state index contributed by atoms with van der Waals surface area (Å²) in [5.74, 6) is 0.708. The van der Waals surface area contributed by atoms with Crippen molar-refractivity contribution in [1.82, 2.24) is 0 Å². The Labute approximate surface area is 76.5 Å². The molecule has 1 aromatic heterocycles. The van der Waals surface area contributed by atoms with E-state index in [1.54, 1.807) is 11.3 Å². The molecule has 0 aliphatic rings. The lowest BCUT2D eigenvalue weighted by atomic mass is 10.3. The molecule has 11 heavy (non-hydrogen) atoms. The highest BCUT2D eigenvalue weighted by Gasteiger charge is 1.89.